The molecular weight excluding hydrogens is 308 g/mol. The lowest BCUT2D eigenvalue weighted by Gasteiger charge is -2.05. The van der Waals surface area contributed by atoms with Gasteiger partial charge in [-0.2, -0.15) is 5.10 Å². The number of aromatic nitrogens is 2. The van der Waals surface area contributed by atoms with Crippen LogP contribution < -0.4 is 5.43 Å². The minimum Gasteiger partial charge on any atom is -0.245 e. The predicted octanol–water partition coefficient (Wildman–Crippen LogP) is 4.62. The molecule has 3 rings (SSSR count). The molecule has 0 atom stereocenters. The Morgan fingerprint density at radius 1 is 0.880 bits per heavy atom. The number of benzene rings is 2. The number of anilines is 1. The van der Waals surface area contributed by atoms with Gasteiger partial charge in [0.05, 0.1) is 5.71 Å². The summed E-state index contributed by atoms with van der Waals surface area (Å²) < 4.78 is 0. The molecule has 0 bridgehead atoms. The van der Waals surface area contributed by atoms with E-state index in [0.29, 0.717) is 5.95 Å². The van der Waals surface area contributed by atoms with E-state index in [9.17, 15) is 0 Å². The molecule has 4 heteroatoms. The second kappa shape index (κ2) is 8.02. The van der Waals surface area contributed by atoms with Gasteiger partial charge in [0, 0.05) is 17.0 Å². The van der Waals surface area contributed by atoms with Crippen molar-refractivity contribution in [2.75, 3.05) is 5.43 Å². The lowest BCUT2D eigenvalue weighted by atomic mass is 10.1. The fourth-order valence-electron chi connectivity index (χ4n) is 2.43. The lowest BCUT2D eigenvalue weighted by Crippen LogP contribution is -2.04. The van der Waals surface area contributed by atoms with Crippen LogP contribution in [-0.2, 0) is 0 Å². The Labute approximate surface area is 148 Å². The molecule has 0 aliphatic heterocycles. The zero-order valence-corrected chi connectivity index (χ0v) is 14.3. The zero-order chi connectivity index (χ0) is 17.5. The minimum absolute atomic E-state index is 0.499. The molecule has 1 N–H and O–H groups in total. The van der Waals surface area contributed by atoms with Crippen molar-refractivity contribution in [3.63, 3.8) is 0 Å². The Morgan fingerprint density at radius 2 is 1.48 bits per heavy atom. The topological polar surface area (TPSA) is 50.2 Å². The molecule has 2 aromatic carbocycles. The van der Waals surface area contributed by atoms with E-state index in [0.717, 1.165) is 28.2 Å². The van der Waals surface area contributed by atoms with E-state index in [1.54, 1.807) is 0 Å². The van der Waals surface area contributed by atoms with Crippen molar-refractivity contribution in [2.24, 2.45) is 5.10 Å². The van der Waals surface area contributed by atoms with E-state index in [2.05, 4.69) is 32.6 Å². The molecule has 25 heavy (non-hydrogen) atoms. The molecule has 0 aliphatic carbocycles. The molecule has 124 valence electrons. The van der Waals surface area contributed by atoms with Gasteiger partial charge in [-0.1, -0.05) is 66.7 Å². The van der Waals surface area contributed by atoms with Crippen molar-refractivity contribution in [1.82, 2.24) is 9.97 Å². The summed E-state index contributed by atoms with van der Waals surface area (Å²) in [7, 11) is 0. The molecule has 0 saturated carbocycles. The number of rotatable bonds is 5. The van der Waals surface area contributed by atoms with Gasteiger partial charge in [0.25, 0.3) is 0 Å². The number of allylic oxidation sites excluding steroid dienone is 1. The molecule has 0 saturated heterocycles. The average Bonchev–Trinajstić information content (AvgIpc) is 2.62. The van der Waals surface area contributed by atoms with Crippen molar-refractivity contribution in [1.29, 1.82) is 0 Å². The smallest absolute Gasteiger partial charge is 0.243 e. The maximum absolute atomic E-state index is 4.52. The maximum atomic E-state index is 4.52. The Kier molecular flexibility index (Phi) is 5.32. The highest BCUT2D eigenvalue weighted by molar-refractivity contribution is 6.10. The van der Waals surface area contributed by atoms with E-state index in [1.807, 2.05) is 80.6 Å². The van der Waals surface area contributed by atoms with Gasteiger partial charge in [-0.25, -0.2) is 15.4 Å². The van der Waals surface area contributed by atoms with E-state index in [1.165, 1.54) is 0 Å². The molecule has 0 aliphatic rings. The Morgan fingerprint density at radius 3 is 2.12 bits per heavy atom. The molecule has 0 amide bonds. The summed E-state index contributed by atoms with van der Waals surface area (Å²) in [5.74, 6) is 0.499. The van der Waals surface area contributed by atoms with Crippen molar-refractivity contribution >= 4 is 17.7 Å². The quantitative estimate of drug-likeness (QED) is 0.549. The summed E-state index contributed by atoms with van der Waals surface area (Å²) in [6.07, 6.45) is 4.02. The Balaban J connectivity index is 1.89. The fraction of sp³-hybridized carbons (Fsp3) is 0.0952. The van der Waals surface area contributed by atoms with E-state index in [4.69, 9.17) is 0 Å². The summed E-state index contributed by atoms with van der Waals surface area (Å²) in [6.45, 7) is 3.88. The molecule has 3 aromatic rings. The third kappa shape index (κ3) is 4.85. The first-order chi connectivity index (χ1) is 12.2. The van der Waals surface area contributed by atoms with Gasteiger partial charge in [0.15, 0.2) is 0 Å². The molecule has 0 unspecified atom stereocenters. The molecule has 1 heterocycles. The van der Waals surface area contributed by atoms with Crippen LogP contribution in [0.3, 0.4) is 0 Å². The van der Waals surface area contributed by atoms with E-state index < -0.39 is 0 Å². The highest BCUT2D eigenvalue weighted by Gasteiger charge is 2.02. The highest BCUT2D eigenvalue weighted by Crippen LogP contribution is 2.09. The van der Waals surface area contributed by atoms with Gasteiger partial charge in [-0.05, 0) is 31.6 Å². The molecular formula is C21H20N4. The first kappa shape index (κ1) is 16.6. The summed E-state index contributed by atoms with van der Waals surface area (Å²) in [5.41, 5.74) is 7.74. The van der Waals surface area contributed by atoms with Crippen LogP contribution in [0.1, 0.15) is 22.5 Å². The number of nitrogens with zero attached hydrogens (tertiary/aromatic N) is 3. The summed E-state index contributed by atoms with van der Waals surface area (Å²) in [5, 5.41) is 4.52. The van der Waals surface area contributed by atoms with Gasteiger partial charge in [0.2, 0.25) is 5.95 Å². The fourth-order valence-corrected chi connectivity index (χ4v) is 2.43. The van der Waals surface area contributed by atoms with Crippen molar-refractivity contribution < 1.29 is 0 Å². The predicted molar refractivity (Wildman–Crippen MR) is 104 cm³/mol. The standard InChI is InChI=1S/C21H20N4/c1-16-15-17(2)23-21(22-16)25-24-20(19-11-7-4-8-12-19)14-13-18-9-5-3-6-10-18/h3-15H,1-2H3,(H,22,23,25). The first-order valence-electron chi connectivity index (χ1n) is 8.15. The van der Waals surface area contributed by atoms with Gasteiger partial charge in [0.1, 0.15) is 0 Å². The largest absolute Gasteiger partial charge is 0.245 e. The maximum Gasteiger partial charge on any atom is 0.243 e. The lowest BCUT2D eigenvalue weighted by molar-refractivity contribution is 1.03. The van der Waals surface area contributed by atoms with Crippen molar-refractivity contribution in [3.8, 4) is 0 Å². The third-order valence-electron chi connectivity index (χ3n) is 3.56. The number of hydrogen-bond acceptors (Lipinski definition) is 4. The van der Waals surface area contributed by atoms with Crippen LogP contribution in [0.2, 0.25) is 0 Å². The van der Waals surface area contributed by atoms with E-state index >= 15 is 0 Å². The summed E-state index contributed by atoms with van der Waals surface area (Å²) >= 11 is 0. The van der Waals surface area contributed by atoms with Crippen molar-refractivity contribution in [2.45, 2.75) is 13.8 Å². The minimum atomic E-state index is 0.499. The monoisotopic (exact) mass is 328 g/mol. The molecule has 4 nitrogen and oxygen atoms in total. The highest BCUT2D eigenvalue weighted by atomic mass is 15.4. The van der Waals surface area contributed by atoms with Crippen LogP contribution in [0.4, 0.5) is 5.95 Å². The Hall–Kier alpha value is -3.27. The first-order valence-corrected chi connectivity index (χ1v) is 8.15. The second-order valence-electron chi connectivity index (χ2n) is 5.69. The number of nitrogens with one attached hydrogen (secondary N) is 1. The van der Waals surface area contributed by atoms with Crippen LogP contribution in [0.5, 0.6) is 0 Å². The number of hydrazone groups is 1. The van der Waals surface area contributed by atoms with Crippen LogP contribution in [0.15, 0.2) is 77.9 Å². The van der Waals surface area contributed by atoms with Crippen LogP contribution in [0, 0.1) is 13.8 Å². The normalized spacial score (nSPS) is 11.7. The van der Waals surface area contributed by atoms with Crippen LogP contribution in [-0.4, -0.2) is 15.7 Å². The van der Waals surface area contributed by atoms with Crippen LogP contribution >= 0.6 is 0 Å². The van der Waals surface area contributed by atoms with Crippen LogP contribution in [0.25, 0.3) is 6.08 Å². The molecule has 0 spiro atoms. The van der Waals surface area contributed by atoms with Gasteiger partial charge in [-0.15, -0.1) is 0 Å². The van der Waals surface area contributed by atoms with Crippen molar-refractivity contribution in [3.05, 3.63) is 95.3 Å². The molecule has 0 radical (unpaired) electrons. The van der Waals surface area contributed by atoms with Gasteiger partial charge >= 0.3 is 0 Å². The average molecular weight is 328 g/mol. The van der Waals surface area contributed by atoms with E-state index in [-0.39, 0.29) is 0 Å². The number of hydrogen-bond donors (Lipinski definition) is 1. The molecule has 1 aromatic heterocycles. The summed E-state index contributed by atoms with van der Waals surface area (Å²) in [6, 6.07) is 22.1. The van der Waals surface area contributed by atoms with Gasteiger partial charge in [-0.3, -0.25) is 0 Å². The summed E-state index contributed by atoms with van der Waals surface area (Å²) in [4.78, 5) is 8.73. The third-order valence-corrected chi connectivity index (χ3v) is 3.56. The molecule has 0 fully saturated rings. The zero-order valence-electron chi connectivity index (χ0n) is 14.3. The Bertz CT molecular complexity index is 864. The second-order valence-corrected chi connectivity index (χ2v) is 5.69. The van der Waals surface area contributed by atoms with Gasteiger partial charge < -0.3 is 0 Å². The number of aryl methyl sites for hydroxylation is 2. The SMILES string of the molecule is Cc1cc(C)nc(NN=C(C=Cc2ccccc2)c2ccccc2)n1.